The number of thiocarbonyl (C=S) groups is 1. The molecule has 0 aliphatic carbocycles. The summed E-state index contributed by atoms with van der Waals surface area (Å²) >= 11 is 4.96. The molecular weight excluding hydrogens is 140 g/mol. The molecule has 0 spiro atoms. The fourth-order valence-electron chi connectivity index (χ4n) is 0.376. The molecule has 46 valence electrons. The van der Waals surface area contributed by atoms with E-state index in [-0.39, 0.29) is 0 Å². The molecule has 1 heterocycles. The van der Waals surface area contributed by atoms with Gasteiger partial charge in [-0.1, -0.05) is 12.2 Å². The fourth-order valence-corrected chi connectivity index (χ4v) is 1.26. The number of hydrazone groups is 1. The lowest BCUT2D eigenvalue weighted by Gasteiger charge is -2.17. The van der Waals surface area contributed by atoms with Gasteiger partial charge in [-0.25, -0.2) is 0 Å². The molecular formula is C4H8N2S2. The van der Waals surface area contributed by atoms with Crippen molar-refractivity contribution in [3.05, 3.63) is 0 Å². The van der Waals surface area contributed by atoms with Crippen molar-refractivity contribution in [2.75, 3.05) is 12.5 Å². The summed E-state index contributed by atoms with van der Waals surface area (Å²) in [6.07, 6.45) is 4.22. The first-order valence-electron chi connectivity index (χ1n) is 2.19. The van der Waals surface area contributed by atoms with Gasteiger partial charge in [0.1, 0.15) is 4.32 Å². The zero-order valence-electron chi connectivity index (χ0n) is 4.84. The van der Waals surface area contributed by atoms with Crippen LogP contribution in [0.1, 0.15) is 0 Å². The Morgan fingerprint density at radius 1 is 1.75 bits per heavy atom. The van der Waals surface area contributed by atoms with E-state index in [0.717, 1.165) is 4.32 Å². The smallest absolute Gasteiger partial charge is 0.141 e. The Bertz CT molecular complexity index is 150. The molecule has 0 amide bonds. The minimum absolute atomic E-state index is 0.796. The third kappa shape index (κ3) is 0.855. The predicted molar refractivity (Wildman–Crippen MR) is 43.7 cm³/mol. The van der Waals surface area contributed by atoms with E-state index in [9.17, 15) is 0 Å². The minimum Gasteiger partial charge on any atom is -0.263 e. The van der Waals surface area contributed by atoms with Crippen LogP contribution in [0.2, 0.25) is 0 Å². The molecule has 1 N–H and O–H groups in total. The Labute approximate surface area is 55.7 Å². The van der Waals surface area contributed by atoms with Crippen LogP contribution in [-0.4, -0.2) is 22.4 Å². The maximum atomic E-state index is 4.96. The first-order chi connectivity index (χ1) is 3.63. The van der Waals surface area contributed by atoms with Gasteiger partial charge in [-0.3, -0.25) is 5.43 Å². The molecule has 0 saturated heterocycles. The van der Waals surface area contributed by atoms with Crippen LogP contribution in [0.3, 0.4) is 0 Å². The normalized spacial score (nSPS) is 27.5. The molecule has 0 aromatic carbocycles. The van der Waals surface area contributed by atoms with Gasteiger partial charge in [0, 0.05) is 0 Å². The maximum absolute atomic E-state index is 4.96. The van der Waals surface area contributed by atoms with Gasteiger partial charge in [0.2, 0.25) is 0 Å². The van der Waals surface area contributed by atoms with Crippen molar-refractivity contribution in [3.8, 4) is 0 Å². The van der Waals surface area contributed by atoms with Gasteiger partial charge >= 0.3 is 0 Å². The van der Waals surface area contributed by atoms with Gasteiger partial charge in [-0.15, -0.1) is 0 Å². The van der Waals surface area contributed by atoms with E-state index in [1.807, 2.05) is 5.55 Å². The van der Waals surface area contributed by atoms with Crippen molar-refractivity contribution in [1.82, 2.24) is 5.43 Å². The van der Waals surface area contributed by atoms with Gasteiger partial charge in [0.15, 0.2) is 0 Å². The molecule has 1 aliphatic rings. The van der Waals surface area contributed by atoms with Crippen LogP contribution < -0.4 is 5.43 Å². The van der Waals surface area contributed by atoms with E-state index >= 15 is 0 Å². The van der Waals surface area contributed by atoms with E-state index < -0.39 is 10.0 Å². The fraction of sp³-hybridized carbons (Fsp3) is 0.500. The van der Waals surface area contributed by atoms with Crippen molar-refractivity contribution in [2.24, 2.45) is 5.10 Å². The van der Waals surface area contributed by atoms with Crippen molar-refractivity contribution in [3.63, 3.8) is 0 Å². The van der Waals surface area contributed by atoms with Crippen molar-refractivity contribution in [2.45, 2.75) is 0 Å². The Kier molecular flexibility index (Phi) is 1.28. The van der Waals surface area contributed by atoms with Gasteiger partial charge in [0.25, 0.3) is 0 Å². The molecule has 0 fully saturated rings. The van der Waals surface area contributed by atoms with Crippen LogP contribution >= 0.6 is 22.2 Å². The summed E-state index contributed by atoms with van der Waals surface area (Å²) < 4.78 is 0.887. The number of rotatable bonds is 0. The van der Waals surface area contributed by atoms with Gasteiger partial charge < -0.3 is 0 Å². The average Bonchev–Trinajstić information content (AvgIpc) is 1.86. The second-order valence-electron chi connectivity index (χ2n) is 2.04. The second kappa shape index (κ2) is 1.70. The number of hydrogen-bond acceptors (Lipinski definition) is 2. The SMILES string of the molecule is CS1(C)C=NNC1=S. The summed E-state index contributed by atoms with van der Waals surface area (Å²) in [6, 6.07) is 0. The van der Waals surface area contributed by atoms with E-state index in [0.29, 0.717) is 0 Å². The van der Waals surface area contributed by atoms with Gasteiger partial charge in [-0.2, -0.15) is 15.1 Å². The third-order valence-corrected chi connectivity index (χ3v) is 4.01. The molecule has 1 aliphatic heterocycles. The van der Waals surface area contributed by atoms with Crippen molar-refractivity contribution in [1.29, 1.82) is 0 Å². The molecule has 0 radical (unpaired) electrons. The van der Waals surface area contributed by atoms with Crippen molar-refractivity contribution < 1.29 is 0 Å². The molecule has 0 aromatic heterocycles. The first-order valence-corrected chi connectivity index (χ1v) is 5.11. The Hall–Kier alpha value is -0.0900. The molecule has 0 saturated carbocycles. The summed E-state index contributed by atoms with van der Waals surface area (Å²) in [5.74, 6) is 0. The summed E-state index contributed by atoms with van der Waals surface area (Å²) in [6.45, 7) is 0. The number of hydrogen-bond donors (Lipinski definition) is 1. The zero-order valence-corrected chi connectivity index (χ0v) is 6.47. The third-order valence-electron chi connectivity index (χ3n) is 0.950. The highest BCUT2D eigenvalue weighted by atomic mass is 32.3. The van der Waals surface area contributed by atoms with Gasteiger partial charge in [-0.05, 0) is 12.5 Å². The maximum Gasteiger partial charge on any atom is 0.141 e. The Morgan fingerprint density at radius 3 is 2.50 bits per heavy atom. The van der Waals surface area contributed by atoms with Crippen LogP contribution in [-0.2, 0) is 0 Å². The van der Waals surface area contributed by atoms with E-state index in [2.05, 4.69) is 23.0 Å². The molecule has 1 rings (SSSR count). The highest BCUT2D eigenvalue weighted by Gasteiger charge is 2.18. The molecule has 0 unspecified atom stereocenters. The van der Waals surface area contributed by atoms with E-state index in [1.165, 1.54) is 0 Å². The van der Waals surface area contributed by atoms with E-state index in [4.69, 9.17) is 12.2 Å². The average molecular weight is 148 g/mol. The Balaban J connectivity index is 2.82. The predicted octanol–water partition coefficient (Wildman–Crippen LogP) is 0.882. The van der Waals surface area contributed by atoms with Crippen molar-refractivity contribution >= 4 is 32.1 Å². The molecule has 0 aromatic rings. The highest BCUT2D eigenvalue weighted by molar-refractivity contribution is 8.57. The van der Waals surface area contributed by atoms with Crippen LogP contribution in [0.15, 0.2) is 5.10 Å². The Morgan fingerprint density at radius 2 is 2.38 bits per heavy atom. The molecule has 4 heteroatoms. The monoisotopic (exact) mass is 148 g/mol. The largest absolute Gasteiger partial charge is 0.263 e. The minimum atomic E-state index is -0.796. The van der Waals surface area contributed by atoms with Crippen LogP contribution in [0.4, 0.5) is 0 Å². The zero-order chi connectivity index (χ0) is 6.20. The molecule has 0 atom stereocenters. The van der Waals surface area contributed by atoms with Crippen LogP contribution in [0, 0.1) is 0 Å². The lowest BCUT2D eigenvalue weighted by Crippen LogP contribution is -2.12. The summed E-state index contributed by atoms with van der Waals surface area (Å²) in [4.78, 5) is 0. The summed E-state index contributed by atoms with van der Waals surface area (Å²) in [5, 5.41) is 3.84. The van der Waals surface area contributed by atoms with Gasteiger partial charge in [0.05, 0.1) is 5.55 Å². The first kappa shape index (κ1) is 6.04. The number of nitrogens with one attached hydrogen (secondary N) is 1. The van der Waals surface area contributed by atoms with Crippen LogP contribution in [0.5, 0.6) is 0 Å². The molecule has 8 heavy (non-hydrogen) atoms. The number of nitrogens with zero attached hydrogens (tertiary/aromatic N) is 1. The molecule has 0 bridgehead atoms. The second-order valence-corrected chi connectivity index (χ2v) is 6.14. The quantitative estimate of drug-likeness (QED) is 0.516. The summed E-state index contributed by atoms with van der Waals surface area (Å²) in [5.41, 5.74) is 4.65. The standard InChI is InChI=1S/C4H8N2S2/c1-8(2)3-5-6-4(8)7/h3H,1-2H3,(H,6,7). The summed E-state index contributed by atoms with van der Waals surface area (Å²) in [7, 11) is -0.796. The lowest BCUT2D eigenvalue weighted by atomic mass is 11.4. The highest BCUT2D eigenvalue weighted by Crippen LogP contribution is 2.39. The molecule has 2 nitrogen and oxygen atoms in total. The van der Waals surface area contributed by atoms with Crippen LogP contribution in [0.25, 0.3) is 0 Å². The topological polar surface area (TPSA) is 24.4 Å². The van der Waals surface area contributed by atoms with E-state index in [1.54, 1.807) is 0 Å². The lowest BCUT2D eigenvalue weighted by molar-refractivity contribution is 1.09.